The van der Waals surface area contributed by atoms with Gasteiger partial charge in [-0.3, -0.25) is 4.79 Å². The SMILES string of the molecule is O=C(COC(c1ccccc1)c1ccccc1)NCc1ccco1. The zero-order valence-corrected chi connectivity index (χ0v) is 13.2. The van der Waals surface area contributed by atoms with Gasteiger partial charge in [-0.25, -0.2) is 0 Å². The maximum Gasteiger partial charge on any atom is 0.246 e. The molecule has 122 valence electrons. The number of ether oxygens (including phenoxy) is 1. The van der Waals surface area contributed by atoms with Crippen LogP contribution in [0.3, 0.4) is 0 Å². The number of nitrogens with one attached hydrogen (secondary N) is 1. The topological polar surface area (TPSA) is 51.5 Å². The lowest BCUT2D eigenvalue weighted by atomic mass is 10.0. The summed E-state index contributed by atoms with van der Waals surface area (Å²) in [4.78, 5) is 12.0. The summed E-state index contributed by atoms with van der Waals surface area (Å²) in [5.41, 5.74) is 2.03. The van der Waals surface area contributed by atoms with Crippen molar-refractivity contribution in [3.63, 3.8) is 0 Å². The van der Waals surface area contributed by atoms with Crippen molar-refractivity contribution >= 4 is 5.91 Å². The molecule has 0 saturated carbocycles. The van der Waals surface area contributed by atoms with Gasteiger partial charge in [0.05, 0.1) is 12.8 Å². The molecule has 0 unspecified atom stereocenters. The van der Waals surface area contributed by atoms with Crippen LogP contribution in [0, 0.1) is 0 Å². The molecule has 0 aliphatic carbocycles. The van der Waals surface area contributed by atoms with E-state index in [2.05, 4.69) is 5.32 Å². The van der Waals surface area contributed by atoms with Gasteiger partial charge in [0.15, 0.2) is 0 Å². The van der Waals surface area contributed by atoms with Crippen molar-refractivity contribution in [3.8, 4) is 0 Å². The molecule has 0 bridgehead atoms. The molecule has 0 radical (unpaired) electrons. The van der Waals surface area contributed by atoms with Crippen molar-refractivity contribution in [2.75, 3.05) is 6.61 Å². The first-order chi connectivity index (χ1) is 11.8. The second-order valence-corrected chi connectivity index (χ2v) is 5.37. The van der Waals surface area contributed by atoms with E-state index >= 15 is 0 Å². The average molecular weight is 321 g/mol. The van der Waals surface area contributed by atoms with Crippen molar-refractivity contribution in [2.45, 2.75) is 12.6 Å². The molecule has 1 aromatic heterocycles. The molecule has 24 heavy (non-hydrogen) atoms. The summed E-state index contributed by atoms with van der Waals surface area (Å²) in [5, 5.41) is 2.79. The van der Waals surface area contributed by atoms with Crippen LogP contribution in [-0.4, -0.2) is 12.5 Å². The van der Waals surface area contributed by atoms with Gasteiger partial charge in [0.1, 0.15) is 18.5 Å². The zero-order valence-electron chi connectivity index (χ0n) is 13.2. The van der Waals surface area contributed by atoms with Gasteiger partial charge >= 0.3 is 0 Å². The summed E-state index contributed by atoms with van der Waals surface area (Å²) in [6.07, 6.45) is 1.31. The summed E-state index contributed by atoms with van der Waals surface area (Å²) in [5.74, 6) is 0.536. The van der Waals surface area contributed by atoms with E-state index in [1.165, 1.54) is 0 Å². The largest absolute Gasteiger partial charge is 0.467 e. The van der Waals surface area contributed by atoms with Gasteiger partial charge in [0, 0.05) is 0 Å². The number of furan rings is 1. The fourth-order valence-corrected chi connectivity index (χ4v) is 2.45. The second kappa shape index (κ2) is 8.13. The number of amides is 1. The minimum Gasteiger partial charge on any atom is -0.467 e. The highest BCUT2D eigenvalue weighted by Crippen LogP contribution is 2.25. The molecule has 1 heterocycles. The number of rotatable bonds is 7. The highest BCUT2D eigenvalue weighted by molar-refractivity contribution is 5.77. The van der Waals surface area contributed by atoms with Crippen LogP contribution in [0.25, 0.3) is 0 Å². The molecule has 0 atom stereocenters. The first-order valence-corrected chi connectivity index (χ1v) is 7.83. The summed E-state index contributed by atoms with van der Waals surface area (Å²) in [7, 11) is 0. The lowest BCUT2D eigenvalue weighted by Gasteiger charge is -2.18. The zero-order chi connectivity index (χ0) is 16.6. The van der Waals surface area contributed by atoms with Crippen LogP contribution in [0.2, 0.25) is 0 Å². The van der Waals surface area contributed by atoms with Gasteiger partial charge in [-0.05, 0) is 23.3 Å². The minimum absolute atomic E-state index is 0.0187. The van der Waals surface area contributed by atoms with Gasteiger partial charge in [-0.1, -0.05) is 60.7 Å². The number of hydrogen-bond donors (Lipinski definition) is 1. The highest BCUT2D eigenvalue weighted by atomic mass is 16.5. The van der Waals surface area contributed by atoms with E-state index in [9.17, 15) is 4.79 Å². The van der Waals surface area contributed by atoms with Crippen molar-refractivity contribution < 1.29 is 13.9 Å². The van der Waals surface area contributed by atoms with Crippen LogP contribution in [0.4, 0.5) is 0 Å². The molecule has 0 fully saturated rings. The molecule has 1 N–H and O–H groups in total. The lowest BCUT2D eigenvalue weighted by Crippen LogP contribution is -2.28. The van der Waals surface area contributed by atoms with E-state index < -0.39 is 0 Å². The molecule has 0 saturated heterocycles. The van der Waals surface area contributed by atoms with Gasteiger partial charge in [0.25, 0.3) is 0 Å². The summed E-state index contributed by atoms with van der Waals surface area (Å²) in [6.45, 7) is 0.339. The van der Waals surface area contributed by atoms with Gasteiger partial charge in [-0.2, -0.15) is 0 Å². The van der Waals surface area contributed by atoms with Crippen LogP contribution < -0.4 is 5.32 Å². The maximum atomic E-state index is 12.0. The highest BCUT2D eigenvalue weighted by Gasteiger charge is 2.16. The fourth-order valence-electron chi connectivity index (χ4n) is 2.45. The molecular weight excluding hydrogens is 302 g/mol. The normalized spacial score (nSPS) is 10.7. The Morgan fingerprint density at radius 3 is 2.08 bits per heavy atom. The van der Waals surface area contributed by atoms with E-state index in [1.54, 1.807) is 12.3 Å². The Hall–Kier alpha value is -2.85. The quantitative estimate of drug-likeness (QED) is 0.722. The van der Waals surface area contributed by atoms with Crippen molar-refractivity contribution in [3.05, 3.63) is 95.9 Å². The number of carbonyl (C=O) groups excluding carboxylic acids is 1. The van der Waals surface area contributed by atoms with E-state index in [0.29, 0.717) is 12.3 Å². The Labute approximate surface area is 141 Å². The van der Waals surface area contributed by atoms with Gasteiger partial charge < -0.3 is 14.5 Å². The summed E-state index contributed by atoms with van der Waals surface area (Å²) in [6, 6.07) is 23.4. The maximum absolute atomic E-state index is 12.0. The molecule has 4 heteroatoms. The Morgan fingerprint density at radius 2 is 1.54 bits per heavy atom. The third-order valence-corrected chi connectivity index (χ3v) is 3.63. The van der Waals surface area contributed by atoms with Crippen molar-refractivity contribution in [1.82, 2.24) is 5.32 Å². The Kier molecular flexibility index (Phi) is 5.43. The van der Waals surface area contributed by atoms with Crippen molar-refractivity contribution in [2.24, 2.45) is 0 Å². The van der Waals surface area contributed by atoms with E-state index in [-0.39, 0.29) is 18.6 Å². The molecule has 4 nitrogen and oxygen atoms in total. The molecule has 0 spiro atoms. The number of carbonyl (C=O) groups is 1. The fraction of sp³-hybridized carbons (Fsp3) is 0.150. The second-order valence-electron chi connectivity index (χ2n) is 5.37. The Balaban J connectivity index is 1.63. The van der Waals surface area contributed by atoms with Crippen LogP contribution in [0.5, 0.6) is 0 Å². The average Bonchev–Trinajstić information content (AvgIpc) is 3.16. The first kappa shape index (κ1) is 16.0. The first-order valence-electron chi connectivity index (χ1n) is 7.83. The monoisotopic (exact) mass is 321 g/mol. The van der Waals surface area contributed by atoms with Crippen LogP contribution in [-0.2, 0) is 16.1 Å². The van der Waals surface area contributed by atoms with E-state index in [0.717, 1.165) is 11.1 Å². The molecule has 0 aliphatic rings. The third-order valence-electron chi connectivity index (χ3n) is 3.63. The Morgan fingerprint density at radius 1 is 0.917 bits per heavy atom. The third kappa shape index (κ3) is 4.33. The molecule has 3 aromatic rings. The lowest BCUT2D eigenvalue weighted by molar-refractivity contribution is -0.127. The van der Waals surface area contributed by atoms with Gasteiger partial charge in [0.2, 0.25) is 5.91 Å². The predicted molar refractivity (Wildman–Crippen MR) is 91.2 cm³/mol. The van der Waals surface area contributed by atoms with Crippen molar-refractivity contribution in [1.29, 1.82) is 0 Å². The Bertz CT molecular complexity index is 700. The van der Waals surface area contributed by atoms with Crippen LogP contribution in [0.15, 0.2) is 83.5 Å². The van der Waals surface area contributed by atoms with E-state index in [4.69, 9.17) is 9.15 Å². The molecular formula is C20H19NO3. The standard InChI is InChI=1S/C20H19NO3/c22-19(21-14-18-12-7-13-23-18)15-24-20(16-8-3-1-4-9-16)17-10-5-2-6-11-17/h1-13,20H,14-15H2,(H,21,22). The summed E-state index contributed by atoms with van der Waals surface area (Å²) >= 11 is 0. The van der Waals surface area contributed by atoms with Crippen LogP contribution >= 0.6 is 0 Å². The molecule has 0 aliphatic heterocycles. The number of benzene rings is 2. The molecule has 1 amide bonds. The minimum atomic E-state index is -0.276. The van der Waals surface area contributed by atoms with Gasteiger partial charge in [-0.15, -0.1) is 0 Å². The van der Waals surface area contributed by atoms with E-state index in [1.807, 2.05) is 66.7 Å². The summed E-state index contributed by atoms with van der Waals surface area (Å²) < 4.78 is 11.1. The smallest absolute Gasteiger partial charge is 0.246 e. The molecule has 2 aromatic carbocycles. The predicted octanol–water partition coefficient (Wildman–Crippen LogP) is 3.70. The van der Waals surface area contributed by atoms with Crippen LogP contribution in [0.1, 0.15) is 23.0 Å². The number of hydrogen-bond acceptors (Lipinski definition) is 3. The molecule has 3 rings (SSSR count).